The fraction of sp³-hybridized carbons (Fsp3) is 0.222. The normalized spacial score (nSPS) is 10.6. The zero-order valence-electron chi connectivity index (χ0n) is 8.93. The van der Waals surface area contributed by atoms with Gasteiger partial charge in [0.05, 0.1) is 12.7 Å². The number of aromatic hydroxyl groups is 1. The number of nitrogen functional groups attached to an aromatic ring is 1. The van der Waals surface area contributed by atoms with E-state index in [2.05, 4.69) is 10.1 Å². The van der Waals surface area contributed by atoms with Crippen molar-refractivity contribution >= 4 is 17.4 Å². The van der Waals surface area contributed by atoms with Gasteiger partial charge in [0.1, 0.15) is 5.56 Å². The van der Waals surface area contributed by atoms with E-state index in [4.69, 9.17) is 10.5 Å². The number of H-pyrrole nitrogens is 1. The topological polar surface area (TPSA) is 123 Å². The zero-order chi connectivity index (χ0) is 12.6. The molecule has 2 aromatic rings. The van der Waals surface area contributed by atoms with E-state index in [0.29, 0.717) is 0 Å². The molecular formula is C9H10N4O4. The van der Waals surface area contributed by atoms with Crippen LogP contribution in [-0.2, 0) is 4.74 Å². The van der Waals surface area contributed by atoms with Crippen LogP contribution in [0.15, 0.2) is 10.9 Å². The number of nitrogens with two attached hydrogens (primary N) is 1. The number of carbonyl (C=O) groups excluding carboxylic acids is 1. The van der Waals surface area contributed by atoms with Gasteiger partial charge in [0.15, 0.2) is 11.5 Å². The number of aromatic amines is 1. The molecule has 90 valence electrons. The maximum absolute atomic E-state index is 11.6. The maximum atomic E-state index is 11.6. The lowest BCUT2D eigenvalue weighted by Gasteiger charge is -2.00. The van der Waals surface area contributed by atoms with Gasteiger partial charge >= 0.3 is 5.97 Å². The minimum Gasteiger partial charge on any atom is -0.493 e. The number of anilines is 1. The van der Waals surface area contributed by atoms with E-state index in [1.165, 1.54) is 0 Å². The molecule has 0 atom stereocenters. The highest BCUT2D eigenvalue weighted by molar-refractivity contribution is 6.00. The minimum atomic E-state index is -0.707. The lowest BCUT2D eigenvalue weighted by molar-refractivity contribution is 0.0529. The van der Waals surface area contributed by atoms with Gasteiger partial charge in [0, 0.05) is 0 Å². The summed E-state index contributed by atoms with van der Waals surface area (Å²) in [6.45, 7) is 1.80. The molecule has 4 N–H and O–H groups in total. The highest BCUT2D eigenvalue weighted by atomic mass is 16.5. The molecule has 2 heterocycles. The average Bonchev–Trinajstić information content (AvgIpc) is 2.55. The second-order valence-electron chi connectivity index (χ2n) is 3.23. The van der Waals surface area contributed by atoms with Crippen LogP contribution in [0.1, 0.15) is 17.3 Å². The Balaban J connectivity index is 2.75. The third-order valence-corrected chi connectivity index (χ3v) is 2.11. The Labute approximate surface area is 94.6 Å². The third kappa shape index (κ3) is 1.69. The largest absolute Gasteiger partial charge is 0.493 e. The standard InChI is InChI=1S/C9H10N4O4/c1-2-17-9(16)6-7(10)12-13-5(15)3-4(14)11-8(6)13/h3,15H,2H2,1H3,(H2,10,12)(H,11,14). The number of carbonyl (C=O) groups is 1. The summed E-state index contributed by atoms with van der Waals surface area (Å²) in [6, 6.07) is 0.925. The summed E-state index contributed by atoms with van der Waals surface area (Å²) >= 11 is 0. The molecule has 0 bridgehead atoms. The zero-order valence-corrected chi connectivity index (χ0v) is 8.93. The highest BCUT2D eigenvalue weighted by Crippen LogP contribution is 2.19. The van der Waals surface area contributed by atoms with Crippen molar-refractivity contribution in [3.8, 4) is 5.88 Å². The van der Waals surface area contributed by atoms with E-state index in [-0.39, 0.29) is 23.6 Å². The molecule has 0 aliphatic heterocycles. The quantitative estimate of drug-likeness (QED) is 0.605. The Kier molecular flexibility index (Phi) is 2.47. The van der Waals surface area contributed by atoms with Gasteiger partial charge in [-0.3, -0.25) is 4.79 Å². The lowest BCUT2D eigenvalue weighted by atomic mass is 10.3. The van der Waals surface area contributed by atoms with E-state index in [1.807, 2.05) is 0 Å². The average molecular weight is 238 g/mol. The van der Waals surface area contributed by atoms with Crippen molar-refractivity contribution in [1.29, 1.82) is 0 Å². The molecule has 0 unspecified atom stereocenters. The van der Waals surface area contributed by atoms with E-state index in [0.717, 1.165) is 10.6 Å². The molecule has 8 nitrogen and oxygen atoms in total. The van der Waals surface area contributed by atoms with Crippen molar-refractivity contribution < 1.29 is 14.6 Å². The van der Waals surface area contributed by atoms with E-state index < -0.39 is 17.4 Å². The molecule has 0 saturated carbocycles. The second-order valence-corrected chi connectivity index (χ2v) is 3.23. The number of ether oxygens (including phenoxy) is 1. The van der Waals surface area contributed by atoms with Crippen molar-refractivity contribution in [2.24, 2.45) is 0 Å². The molecule has 2 rings (SSSR count). The van der Waals surface area contributed by atoms with Gasteiger partial charge < -0.3 is 20.6 Å². The molecule has 0 radical (unpaired) electrons. The van der Waals surface area contributed by atoms with Crippen LogP contribution in [0.4, 0.5) is 5.82 Å². The molecule has 8 heteroatoms. The predicted molar refractivity (Wildman–Crippen MR) is 57.8 cm³/mol. The fourth-order valence-corrected chi connectivity index (χ4v) is 1.45. The number of esters is 1. The van der Waals surface area contributed by atoms with Crippen molar-refractivity contribution in [2.75, 3.05) is 12.3 Å². The molecule has 0 aliphatic carbocycles. The van der Waals surface area contributed by atoms with Crippen molar-refractivity contribution in [3.05, 3.63) is 22.0 Å². The van der Waals surface area contributed by atoms with Crippen LogP contribution in [0.5, 0.6) is 5.88 Å². The number of nitrogens with one attached hydrogen (secondary N) is 1. The summed E-state index contributed by atoms with van der Waals surface area (Å²) in [4.78, 5) is 25.2. The van der Waals surface area contributed by atoms with Crippen molar-refractivity contribution in [1.82, 2.24) is 14.6 Å². The number of rotatable bonds is 2. The number of fused-ring (bicyclic) bond motifs is 1. The van der Waals surface area contributed by atoms with Gasteiger partial charge in [-0.05, 0) is 6.92 Å². The van der Waals surface area contributed by atoms with Crippen LogP contribution in [-0.4, -0.2) is 32.3 Å². The van der Waals surface area contributed by atoms with Gasteiger partial charge in [-0.1, -0.05) is 0 Å². The maximum Gasteiger partial charge on any atom is 0.345 e. The third-order valence-electron chi connectivity index (χ3n) is 2.11. The second kappa shape index (κ2) is 3.81. The van der Waals surface area contributed by atoms with Crippen molar-refractivity contribution in [2.45, 2.75) is 6.92 Å². The molecule has 0 saturated heterocycles. The van der Waals surface area contributed by atoms with E-state index in [1.54, 1.807) is 6.92 Å². The number of nitrogens with zero attached hydrogens (tertiary/aromatic N) is 2. The van der Waals surface area contributed by atoms with Gasteiger partial charge in [-0.25, -0.2) is 4.79 Å². The molecule has 0 amide bonds. The lowest BCUT2D eigenvalue weighted by Crippen LogP contribution is -2.11. The van der Waals surface area contributed by atoms with Crippen molar-refractivity contribution in [3.63, 3.8) is 0 Å². The predicted octanol–water partition coefficient (Wildman–Crippen LogP) is -0.513. The molecule has 0 aromatic carbocycles. The summed E-state index contributed by atoms with van der Waals surface area (Å²) < 4.78 is 5.74. The molecule has 0 spiro atoms. The number of hydrogen-bond donors (Lipinski definition) is 3. The van der Waals surface area contributed by atoms with Gasteiger partial charge in [0.25, 0.3) is 5.56 Å². The van der Waals surface area contributed by atoms with Crippen LogP contribution in [0.25, 0.3) is 5.65 Å². The number of aromatic nitrogens is 3. The molecule has 2 aromatic heterocycles. The SMILES string of the molecule is CCOC(=O)c1c(N)nn2c(O)cc(=O)[nH]c12. The Hall–Kier alpha value is -2.51. The first-order chi connectivity index (χ1) is 8.04. The fourth-order valence-electron chi connectivity index (χ4n) is 1.45. The van der Waals surface area contributed by atoms with Crippen LogP contribution in [0, 0.1) is 0 Å². The Bertz CT molecular complexity index is 642. The molecular weight excluding hydrogens is 228 g/mol. The molecule has 0 fully saturated rings. The first-order valence-electron chi connectivity index (χ1n) is 4.82. The Morgan fingerprint density at radius 1 is 1.71 bits per heavy atom. The molecule has 0 aliphatic rings. The van der Waals surface area contributed by atoms with Crippen LogP contribution < -0.4 is 11.3 Å². The Morgan fingerprint density at radius 2 is 2.41 bits per heavy atom. The number of hydrogen-bond acceptors (Lipinski definition) is 6. The van der Waals surface area contributed by atoms with Crippen LogP contribution >= 0.6 is 0 Å². The van der Waals surface area contributed by atoms with Gasteiger partial charge in [-0.2, -0.15) is 4.52 Å². The minimum absolute atomic E-state index is 0.00551. The summed E-state index contributed by atoms with van der Waals surface area (Å²) in [7, 11) is 0. The summed E-state index contributed by atoms with van der Waals surface area (Å²) in [5.41, 5.74) is 4.90. The first-order valence-corrected chi connectivity index (χ1v) is 4.82. The summed E-state index contributed by atoms with van der Waals surface area (Å²) in [5, 5.41) is 13.2. The molecule has 17 heavy (non-hydrogen) atoms. The van der Waals surface area contributed by atoms with Crippen LogP contribution in [0.3, 0.4) is 0 Å². The van der Waals surface area contributed by atoms with Crippen LogP contribution in [0.2, 0.25) is 0 Å². The highest BCUT2D eigenvalue weighted by Gasteiger charge is 2.21. The van der Waals surface area contributed by atoms with E-state index >= 15 is 0 Å². The smallest absolute Gasteiger partial charge is 0.345 e. The summed E-state index contributed by atoms with van der Waals surface area (Å²) in [5.74, 6) is -1.24. The van der Waals surface area contributed by atoms with Gasteiger partial charge in [-0.15, -0.1) is 5.10 Å². The summed E-state index contributed by atoms with van der Waals surface area (Å²) in [6.07, 6.45) is 0. The monoisotopic (exact) mass is 238 g/mol. The van der Waals surface area contributed by atoms with Gasteiger partial charge in [0.2, 0.25) is 5.88 Å². The Morgan fingerprint density at radius 3 is 3.06 bits per heavy atom. The first kappa shape index (κ1) is 11.0. The van der Waals surface area contributed by atoms with E-state index in [9.17, 15) is 14.7 Å².